The summed E-state index contributed by atoms with van der Waals surface area (Å²) in [6.45, 7) is 6.89. The average molecular weight is 236 g/mol. The van der Waals surface area contributed by atoms with E-state index in [2.05, 4.69) is 35.5 Å². The van der Waals surface area contributed by atoms with E-state index in [1.807, 2.05) is 17.9 Å². The second-order valence-electron chi connectivity index (χ2n) is 5.74. The summed E-state index contributed by atoms with van der Waals surface area (Å²) in [5.41, 5.74) is 1.73. The molecular formula is C13H24N4. The van der Waals surface area contributed by atoms with E-state index in [4.69, 9.17) is 0 Å². The Labute approximate surface area is 104 Å². The molecule has 1 aliphatic heterocycles. The molecule has 0 spiro atoms. The fourth-order valence-corrected chi connectivity index (χ4v) is 2.41. The Kier molecular flexibility index (Phi) is 3.84. The average Bonchev–Trinajstić information content (AvgIpc) is 2.69. The molecule has 0 unspecified atom stereocenters. The maximum atomic E-state index is 4.18. The van der Waals surface area contributed by atoms with Crippen LogP contribution < -0.4 is 5.32 Å². The fourth-order valence-electron chi connectivity index (χ4n) is 2.41. The van der Waals surface area contributed by atoms with Crippen molar-refractivity contribution in [2.75, 3.05) is 26.7 Å². The molecule has 96 valence electrons. The van der Waals surface area contributed by atoms with Crippen LogP contribution in [0.15, 0.2) is 12.4 Å². The summed E-state index contributed by atoms with van der Waals surface area (Å²) in [4.78, 5) is 2.42. The van der Waals surface area contributed by atoms with Gasteiger partial charge in [-0.25, -0.2) is 0 Å². The Hall–Kier alpha value is -0.870. The molecule has 1 N–H and O–H groups in total. The van der Waals surface area contributed by atoms with Gasteiger partial charge in [0.15, 0.2) is 0 Å². The first-order valence-corrected chi connectivity index (χ1v) is 6.44. The maximum absolute atomic E-state index is 4.18. The van der Waals surface area contributed by atoms with Crippen LogP contribution in [0.4, 0.5) is 0 Å². The molecule has 4 nitrogen and oxygen atoms in total. The lowest BCUT2D eigenvalue weighted by Gasteiger charge is -2.38. The van der Waals surface area contributed by atoms with E-state index in [1.54, 1.807) is 0 Å². The first-order chi connectivity index (χ1) is 8.07. The summed E-state index contributed by atoms with van der Waals surface area (Å²) in [6.07, 6.45) is 6.60. The standard InChI is InChI=1S/C13H24N4/c1-13(4-6-16(2)7-5-13)11-14-8-12-9-15-17(3)10-12/h9-10,14H,4-8,11H2,1-3H3. The molecule has 1 fully saturated rings. The molecule has 1 saturated heterocycles. The summed E-state index contributed by atoms with van der Waals surface area (Å²) in [6, 6.07) is 0. The van der Waals surface area contributed by atoms with Gasteiger partial charge >= 0.3 is 0 Å². The third-order valence-electron chi connectivity index (χ3n) is 3.83. The summed E-state index contributed by atoms with van der Waals surface area (Å²) in [7, 11) is 4.17. The van der Waals surface area contributed by atoms with Crippen molar-refractivity contribution < 1.29 is 0 Å². The molecule has 0 radical (unpaired) electrons. The van der Waals surface area contributed by atoms with Gasteiger partial charge in [0.25, 0.3) is 0 Å². The summed E-state index contributed by atoms with van der Waals surface area (Å²) >= 11 is 0. The lowest BCUT2D eigenvalue weighted by molar-refractivity contribution is 0.137. The molecular weight excluding hydrogens is 212 g/mol. The van der Waals surface area contributed by atoms with Crippen molar-refractivity contribution in [3.63, 3.8) is 0 Å². The summed E-state index contributed by atoms with van der Waals surface area (Å²) in [5.74, 6) is 0. The molecule has 4 heteroatoms. The third kappa shape index (κ3) is 3.54. The van der Waals surface area contributed by atoms with Crippen LogP contribution in [0.1, 0.15) is 25.3 Å². The second kappa shape index (κ2) is 5.19. The van der Waals surface area contributed by atoms with Gasteiger partial charge in [0.05, 0.1) is 6.20 Å². The fraction of sp³-hybridized carbons (Fsp3) is 0.769. The van der Waals surface area contributed by atoms with E-state index in [-0.39, 0.29) is 0 Å². The van der Waals surface area contributed by atoms with Gasteiger partial charge in [-0.15, -0.1) is 0 Å². The minimum absolute atomic E-state index is 0.467. The van der Waals surface area contributed by atoms with Gasteiger partial charge < -0.3 is 10.2 Å². The van der Waals surface area contributed by atoms with Crippen molar-refractivity contribution in [2.45, 2.75) is 26.3 Å². The van der Waals surface area contributed by atoms with E-state index in [0.717, 1.165) is 13.1 Å². The molecule has 17 heavy (non-hydrogen) atoms. The normalized spacial score (nSPS) is 20.6. The number of nitrogens with zero attached hydrogens (tertiary/aromatic N) is 3. The molecule has 0 amide bonds. The minimum atomic E-state index is 0.467. The van der Waals surface area contributed by atoms with Crippen LogP contribution in [0.5, 0.6) is 0 Å². The summed E-state index contributed by atoms with van der Waals surface area (Å²) in [5, 5.41) is 7.75. The molecule has 0 saturated carbocycles. The third-order valence-corrected chi connectivity index (χ3v) is 3.83. The number of hydrogen-bond donors (Lipinski definition) is 1. The highest BCUT2D eigenvalue weighted by Crippen LogP contribution is 2.29. The Morgan fingerprint density at radius 3 is 2.65 bits per heavy atom. The smallest absolute Gasteiger partial charge is 0.0534 e. The Bertz CT molecular complexity index is 350. The highest BCUT2D eigenvalue weighted by Gasteiger charge is 2.28. The van der Waals surface area contributed by atoms with Crippen molar-refractivity contribution >= 4 is 0 Å². The van der Waals surface area contributed by atoms with Crippen LogP contribution in [0.3, 0.4) is 0 Å². The topological polar surface area (TPSA) is 33.1 Å². The van der Waals surface area contributed by atoms with Crippen LogP contribution in [0, 0.1) is 5.41 Å². The zero-order valence-corrected chi connectivity index (χ0v) is 11.2. The van der Waals surface area contributed by atoms with Crippen molar-refractivity contribution in [1.29, 1.82) is 0 Å². The number of nitrogens with one attached hydrogen (secondary N) is 1. The van der Waals surface area contributed by atoms with Gasteiger partial charge in [-0.1, -0.05) is 6.92 Å². The molecule has 1 aromatic heterocycles. The number of aryl methyl sites for hydroxylation is 1. The van der Waals surface area contributed by atoms with Crippen LogP contribution in [-0.2, 0) is 13.6 Å². The Balaban J connectivity index is 1.74. The van der Waals surface area contributed by atoms with Crippen LogP contribution in [0.25, 0.3) is 0 Å². The molecule has 0 aromatic carbocycles. The van der Waals surface area contributed by atoms with Gasteiger partial charge in [-0.3, -0.25) is 4.68 Å². The van der Waals surface area contributed by atoms with Crippen molar-refractivity contribution in [2.24, 2.45) is 12.5 Å². The van der Waals surface area contributed by atoms with E-state index in [0.29, 0.717) is 5.41 Å². The van der Waals surface area contributed by atoms with Crippen LogP contribution in [-0.4, -0.2) is 41.4 Å². The molecule has 0 bridgehead atoms. The minimum Gasteiger partial charge on any atom is -0.312 e. The quantitative estimate of drug-likeness (QED) is 0.854. The highest BCUT2D eigenvalue weighted by molar-refractivity contribution is 5.03. The molecule has 0 aliphatic carbocycles. The van der Waals surface area contributed by atoms with Gasteiger partial charge in [-0.2, -0.15) is 5.10 Å². The lowest BCUT2D eigenvalue weighted by Crippen LogP contribution is -2.41. The van der Waals surface area contributed by atoms with E-state index in [9.17, 15) is 0 Å². The summed E-state index contributed by atoms with van der Waals surface area (Å²) < 4.78 is 1.86. The molecule has 1 aromatic rings. The predicted molar refractivity (Wildman–Crippen MR) is 69.8 cm³/mol. The van der Waals surface area contributed by atoms with E-state index in [1.165, 1.54) is 31.5 Å². The van der Waals surface area contributed by atoms with Gasteiger partial charge in [-0.05, 0) is 38.4 Å². The zero-order chi connectivity index (χ0) is 12.3. The molecule has 0 atom stereocenters. The Morgan fingerprint density at radius 2 is 2.06 bits per heavy atom. The van der Waals surface area contributed by atoms with Crippen LogP contribution >= 0.6 is 0 Å². The molecule has 1 aliphatic rings. The first kappa shape index (κ1) is 12.6. The van der Waals surface area contributed by atoms with E-state index >= 15 is 0 Å². The maximum Gasteiger partial charge on any atom is 0.0534 e. The van der Waals surface area contributed by atoms with Gasteiger partial charge in [0, 0.05) is 31.9 Å². The van der Waals surface area contributed by atoms with Crippen molar-refractivity contribution in [3.8, 4) is 0 Å². The SMILES string of the molecule is CN1CCC(C)(CNCc2cnn(C)c2)CC1. The number of aromatic nitrogens is 2. The number of likely N-dealkylation sites (tertiary alicyclic amines) is 1. The lowest BCUT2D eigenvalue weighted by atomic mass is 9.80. The predicted octanol–water partition coefficient (Wildman–Crippen LogP) is 1.24. The molecule has 2 heterocycles. The van der Waals surface area contributed by atoms with Gasteiger partial charge in [0.2, 0.25) is 0 Å². The second-order valence-corrected chi connectivity index (χ2v) is 5.74. The van der Waals surface area contributed by atoms with Crippen LogP contribution in [0.2, 0.25) is 0 Å². The van der Waals surface area contributed by atoms with Crippen molar-refractivity contribution in [1.82, 2.24) is 20.0 Å². The van der Waals surface area contributed by atoms with Crippen molar-refractivity contribution in [3.05, 3.63) is 18.0 Å². The number of rotatable bonds is 4. The highest BCUT2D eigenvalue weighted by atomic mass is 15.2. The number of hydrogen-bond acceptors (Lipinski definition) is 3. The molecule has 2 rings (SSSR count). The zero-order valence-electron chi connectivity index (χ0n) is 11.2. The monoisotopic (exact) mass is 236 g/mol. The Morgan fingerprint density at radius 1 is 1.35 bits per heavy atom. The number of piperidine rings is 1. The van der Waals surface area contributed by atoms with E-state index < -0.39 is 0 Å². The first-order valence-electron chi connectivity index (χ1n) is 6.44. The van der Waals surface area contributed by atoms with Gasteiger partial charge in [0.1, 0.15) is 0 Å². The largest absolute Gasteiger partial charge is 0.312 e.